The molecule has 1 aliphatic rings. The lowest BCUT2D eigenvalue weighted by Crippen LogP contribution is -2.36. The monoisotopic (exact) mass is 653 g/mol. The third-order valence-electron chi connectivity index (χ3n) is 9.40. The first-order chi connectivity index (χ1) is 24.0. The predicted molar refractivity (Wildman–Crippen MR) is 192 cm³/mol. The zero-order valence-electron chi connectivity index (χ0n) is 27.8. The Morgan fingerprint density at radius 2 is 1.92 bits per heavy atom. The van der Waals surface area contributed by atoms with Gasteiger partial charge >= 0.3 is 0 Å². The topological polar surface area (TPSA) is 102 Å². The second kappa shape index (κ2) is 14.4. The maximum Gasteiger partial charge on any atom is 0.241 e. The summed E-state index contributed by atoms with van der Waals surface area (Å²) in [6, 6.07) is 24.9. The van der Waals surface area contributed by atoms with E-state index in [2.05, 4.69) is 67.6 Å². The Labute approximate surface area is 285 Å². The molecule has 49 heavy (non-hydrogen) atoms. The molecule has 8 nitrogen and oxygen atoms in total. The zero-order chi connectivity index (χ0) is 33.7. The molecule has 2 atom stereocenters. The number of unbranched alkanes of at least 4 members (excludes halogenated alkanes) is 1. The van der Waals surface area contributed by atoms with E-state index in [1.165, 1.54) is 12.5 Å². The fourth-order valence-corrected chi connectivity index (χ4v) is 6.70. The van der Waals surface area contributed by atoms with Crippen molar-refractivity contribution in [3.8, 4) is 23.1 Å². The van der Waals surface area contributed by atoms with E-state index in [1.807, 2.05) is 48.5 Å². The lowest BCUT2D eigenvalue weighted by Gasteiger charge is -2.16. The van der Waals surface area contributed by atoms with Crippen molar-refractivity contribution in [2.24, 2.45) is 0 Å². The lowest BCUT2D eigenvalue weighted by atomic mass is 10.0. The predicted octanol–water partition coefficient (Wildman–Crippen LogP) is 6.81. The highest BCUT2D eigenvalue weighted by molar-refractivity contribution is 6.04. The van der Waals surface area contributed by atoms with Crippen LogP contribution in [0.5, 0.6) is 0 Å². The standard InChI is InChI=1S/C40H40FN7O/c1-42-37(28-9-4-3-5-10-28)40(49)43-21-7-6-12-36-44-25-34(45-36)30-17-16-27(32(41)24-30)15-13-26-14-19-31-29(23-26)18-20-33-38(31)47-39(46-33)35-11-8-22-48(35)2/h3-5,9-10,14,16-20,23-25,35,37,42H,6-8,11-12,21-22H2,1-2H3,(H,43,49)(H,44,45)(H,46,47). The third-order valence-corrected chi connectivity index (χ3v) is 9.40. The Morgan fingerprint density at radius 3 is 2.71 bits per heavy atom. The van der Waals surface area contributed by atoms with Crippen LogP contribution >= 0.6 is 0 Å². The first-order valence-electron chi connectivity index (χ1n) is 16.9. The van der Waals surface area contributed by atoms with Gasteiger partial charge in [-0.2, -0.15) is 0 Å². The Hall–Kier alpha value is -5.30. The Morgan fingerprint density at radius 1 is 1.04 bits per heavy atom. The number of carbonyl (C=O) groups is 1. The maximum absolute atomic E-state index is 15.2. The quantitative estimate of drug-likeness (QED) is 0.0962. The van der Waals surface area contributed by atoms with Crippen LogP contribution in [0.25, 0.3) is 33.1 Å². The minimum Gasteiger partial charge on any atom is -0.354 e. The fraction of sp³-hybridized carbons (Fsp3) is 0.275. The first kappa shape index (κ1) is 32.3. The van der Waals surface area contributed by atoms with Crippen LogP contribution in [0.15, 0.2) is 85.1 Å². The van der Waals surface area contributed by atoms with E-state index in [1.54, 1.807) is 19.3 Å². The molecule has 2 unspecified atom stereocenters. The second-order valence-corrected chi connectivity index (χ2v) is 12.7. The summed E-state index contributed by atoms with van der Waals surface area (Å²) in [5, 5.41) is 8.23. The summed E-state index contributed by atoms with van der Waals surface area (Å²) in [7, 11) is 3.94. The van der Waals surface area contributed by atoms with Gasteiger partial charge in [-0.05, 0) is 87.6 Å². The minimum absolute atomic E-state index is 0.0432. The van der Waals surface area contributed by atoms with Crippen molar-refractivity contribution in [2.45, 2.75) is 44.2 Å². The molecule has 0 spiro atoms. The van der Waals surface area contributed by atoms with Crippen LogP contribution in [-0.4, -0.2) is 57.9 Å². The van der Waals surface area contributed by atoms with Crippen molar-refractivity contribution >= 4 is 27.7 Å². The number of aryl methyl sites for hydroxylation is 1. The van der Waals surface area contributed by atoms with Crippen molar-refractivity contribution < 1.29 is 9.18 Å². The normalized spacial score (nSPS) is 15.4. The number of amides is 1. The molecule has 4 N–H and O–H groups in total. The number of halogens is 1. The van der Waals surface area contributed by atoms with E-state index in [4.69, 9.17) is 4.98 Å². The van der Waals surface area contributed by atoms with Gasteiger partial charge in [0.15, 0.2) is 0 Å². The van der Waals surface area contributed by atoms with Crippen LogP contribution in [0.1, 0.15) is 66.1 Å². The fourth-order valence-electron chi connectivity index (χ4n) is 6.70. The number of aromatic nitrogens is 4. The number of likely N-dealkylation sites (tertiary alicyclic amines) is 1. The molecule has 1 aliphatic heterocycles. The summed E-state index contributed by atoms with van der Waals surface area (Å²) in [6.45, 7) is 1.67. The molecule has 0 radical (unpaired) electrons. The van der Waals surface area contributed by atoms with Crippen molar-refractivity contribution in [1.82, 2.24) is 35.5 Å². The molecule has 1 saturated heterocycles. The van der Waals surface area contributed by atoms with Gasteiger partial charge in [0, 0.05) is 29.5 Å². The molecule has 3 heterocycles. The average molecular weight is 654 g/mol. The molecular formula is C40H40FN7O. The number of aromatic amines is 2. The average Bonchev–Trinajstić information content (AvgIpc) is 3.88. The molecule has 0 bridgehead atoms. The number of hydrogen-bond donors (Lipinski definition) is 4. The lowest BCUT2D eigenvalue weighted by molar-refractivity contribution is -0.123. The maximum atomic E-state index is 15.2. The van der Waals surface area contributed by atoms with E-state index in [9.17, 15) is 4.79 Å². The van der Waals surface area contributed by atoms with Crippen LogP contribution in [-0.2, 0) is 11.2 Å². The number of likely N-dealkylation sites (N-methyl/N-ethyl adjacent to an activating group) is 1. The molecule has 248 valence electrons. The second-order valence-electron chi connectivity index (χ2n) is 12.7. The van der Waals surface area contributed by atoms with Gasteiger partial charge in [0.05, 0.1) is 34.5 Å². The molecule has 7 rings (SSSR count). The highest BCUT2D eigenvalue weighted by Gasteiger charge is 2.25. The van der Waals surface area contributed by atoms with E-state index >= 15 is 4.39 Å². The summed E-state index contributed by atoms with van der Waals surface area (Å²) >= 11 is 0. The third kappa shape index (κ3) is 7.12. The van der Waals surface area contributed by atoms with Crippen LogP contribution in [0.3, 0.4) is 0 Å². The Balaban J connectivity index is 0.948. The van der Waals surface area contributed by atoms with E-state index in [0.717, 1.165) is 82.5 Å². The Bertz CT molecular complexity index is 2160. The van der Waals surface area contributed by atoms with Crippen LogP contribution < -0.4 is 10.6 Å². The molecular weight excluding hydrogens is 613 g/mol. The van der Waals surface area contributed by atoms with E-state index in [-0.39, 0.29) is 17.8 Å². The molecule has 0 saturated carbocycles. The van der Waals surface area contributed by atoms with Gasteiger partial charge in [-0.25, -0.2) is 14.4 Å². The largest absolute Gasteiger partial charge is 0.354 e. The van der Waals surface area contributed by atoms with E-state index in [0.29, 0.717) is 23.7 Å². The number of imidazole rings is 2. The van der Waals surface area contributed by atoms with Gasteiger partial charge in [-0.1, -0.05) is 60.4 Å². The number of benzene rings is 4. The van der Waals surface area contributed by atoms with Gasteiger partial charge in [0.1, 0.15) is 23.5 Å². The highest BCUT2D eigenvalue weighted by atomic mass is 19.1. The zero-order valence-corrected chi connectivity index (χ0v) is 27.8. The van der Waals surface area contributed by atoms with Gasteiger partial charge in [0.25, 0.3) is 0 Å². The van der Waals surface area contributed by atoms with Crippen molar-refractivity contribution in [3.63, 3.8) is 0 Å². The van der Waals surface area contributed by atoms with Crippen molar-refractivity contribution in [3.05, 3.63) is 119 Å². The molecule has 2 aromatic heterocycles. The summed E-state index contributed by atoms with van der Waals surface area (Å²) in [5.74, 6) is 7.59. The van der Waals surface area contributed by atoms with E-state index < -0.39 is 0 Å². The molecule has 6 aromatic rings. The smallest absolute Gasteiger partial charge is 0.241 e. The minimum atomic E-state index is -0.379. The van der Waals surface area contributed by atoms with Crippen LogP contribution in [0, 0.1) is 17.7 Å². The van der Waals surface area contributed by atoms with Gasteiger partial charge in [-0.3, -0.25) is 9.69 Å². The number of H-pyrrole nitrogens is 2. The summed E-state index contributed by atoms with van der Waals surface area (Å²) in [5.41, 5.74) is 5.57. The molecule has 9 heteroatoms. The number of nitrogens with one attached hydrogen (secondary N) is 4. The number of rotatable bonds is 10. The van der Waals surface area contributed by atoms with Gasteiger partial charge in [-0.15, -0.1) is 0 Å². The number of fused-ring (bicyclic) bond motifs is 3. The molecule has 1 amide bonds. The SMILES string of the molecule is CNC(C(=O)NCCCCc1ncc(-c2ccc(C#Cc3ccc4c(ccc5[nH]c(C6CCCN6C)nc54)c3)c(F)c2)[nH]1)c1ccccc1. The first-order valence-corrected chi connectivity index (χ1v) is 16.9. The van der Waals surface area contributed by atoms with Gasteiger partial charge < -0.3 is 20.6 Å². The van der Waals surface area contributed by atoms with Gasteiger partial charge in [0.2, 0.25) is 5.91 Å². The number of carbonyl (C=O) groups excluding carboxylic acids is 1. The summed E-state index contributed by atoms with van der Waals surface area (Å²) in [4.78, 5) is 31.3. The van der Waals surface area contributed by atoms with Crippen molar-refractivity contribution in [1.29, 1.82) is 0 Å². The Kier molecular flexibility index (Phi) is 9.51. The number of nitrogens with zero attached hydrogens (tertiary/aromatic N) is 3. The van der Waals surface area contributed by atoms with Crippen LogP contribution in [0.4, 0.5) is 4.39 Å². The van der Waals surface area contributed by atoms with Crippen LogP contribution in [0.2, 0.25) is 0 Å². The molecule has 1 fully saturated rings. The number of hydrogen-bond acceptors (Lipinski definition) is 5. The van der Waals surface area contributed by atoms with Crippen molar-refractivity contribution in [2.75, 3.05) is 27.2 Å². The summed E-state index contributed by atoms with van der Waals surface area (Å²) in [6.07, 6.45) is 6.44. The summed E-state index contributed by atoms with van der Waals surface area (Å²) < 4.78 is 15.2. The molecule has 4 aromatic carbocycles. The molecule has 0 aliphatic carbocycles. The highest BCUT2D eigenvalue weighted by Crippen LogP contribution is 2.32.